The van der Waals surface area contributed by atoms with Crippen molar-refractivity contribution in [2.24, 2.45) is 17.8 Å². The van der Waals surface area contributed by atoms with Gasteiger partial charge in [-0.2, -0.15) is 0 Å². The van der Waals surface area contributed by atoms with Gasteiger partial charge in [0, 0.05) is 26.1 Å². The Morgan fingerprint density at radius 3 is 2.68 bits per heavy atom. The fourth-order valence-electron chi connectivity index (χ4n) is 4.86. The first-order chi connectivity index (χ1) is 12.1. The van der Waals surface area contributed by atoms with Gasteiger partial charge in [0.1, 0.15) is 0 Å². The van der Waals surface area contributed by atoms with Crippen molar-refractivity contribution in [3.8, 4) is 0 Å². The fourth-order valence-corrected chi connectivity index (χ4v) is 4.86. The number of hydrogen-bond acceptors (Lipinski definition) is 3. The highest BCUT2D eigenvalue weighted by Gasteiger charge is 2.28. The lowest BCUT2D eigenvalue weighted by molar-refractivity contribution is -0.134. The molecule has 1 saturated carbocycles. The Kier molecular flexibility index (Phi) is 6.74. The number of hydrogen-bond donors (Lipinski definition) is 2. The fraction of sp³-hybridized carbons (Fsp3) is 0.900. The summed E-state index contributed by atoms with van der Waals surface area (Å²) in [7, 11) is 0. The Labute approximate surface area is 152 Å². The van der Waals surface area contributed by atoms with Crippen molar-refractivity contribution in [2.45, 2.75) is 70.8 Å². The maximum absolute atomic E-state index is 12.7. The van der Waals surface area contributed by atoms with E-state index in [1.807, 2.05) is 0 Å². The van der Waals surface area contributed by atoms with Gasteiger partial charge in [0.2, 0.25) is 11.8 Å². The molecule has 5 nitrogen and oxygen atoms in total. The predicted octanol–water partition coefficient (Wildman–Crippen LogP) is 2.31. The number of nitrogens with one attached hydrogen (secondary N) is 2. The summed E-state index contributed by atoms with van der Waals surface area (Å²) < 4.78 is 0. The molecule has 0 radical (unpaired) electrons. The first-order valence-electron chi connectivity index (χ1n) is 10.4. The van der Waals surface area contributed by atoms with Gasteiger partial charge in [0.05, 0.1) is 6.04 Å². The Morgan fingerprint density at radius 2 is 1.92 bits per heavy atom. The topological polar surface area (TPSA) is 61.4 Å². The van der Waals surface area contributed by atoms with Gasteiger partial charge in [-0.15, -0.1) is 0 Å². The van der Waals surface area contributed by atoms with Crippen LogP contribution in [0.1, 0.15) is 64.7 Å². The molecule has 0 aromatic rings. The average Bonchev–Trinajstić information content (AvgIpc) is 3.15. The number of carbonyl (C=O) groups excluding carboxylic acids is 2. The Morgan fingerprint density at radius 1 is 1.08 bits per heavy atom. The standard InChI is InChI=1S/C20H35N3O2/c1-15-5-2-6-16(11-15)12-19(24)23-10-4-7-17(14-23)13-22-20(25)18-8-3-9-21-18/h15-18,21H,2-14H2,1H3,(H,22,25). The van der Waals surface area contributed by atoms with E-state index < -0.39 is 0 Å². The smallest absolute Gasteiger partial charge is 0.237 e. The van der Waals surface area contributed by atoms with Crippen LogP contribution in [0.15, 0.2) is 0 Å². The van der Waals surface area contributed by atoms with Crippen LogP contribution in [-0.4, -0.2) is 48.9 Å². The lowest BCUT2D eigenvalue weighted by Gasteiger charge is -2.35. The van der Waals surface area contributed by atoms with Gasteiger partial charge in [0.15, 0.2) is 0 Å². The maximum atomic E-state index is 12.7. The van der Waals surface area contributed by atoms with Crippen molar-refractivity contribution in [2.75, 3.05) is 26.2 Å². The Bertz CT molecular complexity index is 462. The second kappa shape index (κ2) is 9.02. The lowest BCUT2D eigenvalue weighted by Crippen LogP contribution is -2.47. The van der Waals surface area contributed by atoms with E-state index in [-0.39, 0.29) is 11.9 Å². The third kappa shape index (κ3) is 5.44. The molecule has 25 heavy (non-hydrogen) atoms. The highest BCUT2D eigenvalue weighted by molar-refractivity contribution is 5.82. The molecule has 1 aliphatic carbocycles. The van der Waals surface area contributed by atoms with Gasteiger partial charge >= 0.3 is 0 Å². The van der Waals surface area contributed by atoms with Crippen LogP contribution in [0.5, 0.6) is 0 Å². The van der Waals surface area contributed by atoms with E-state index in [1.54, 1.807) is 0 Å². The molecule has 0 aromatic heterocycles. The zero-order chi connectivity index (χ0) is 17.6. The van der Waals surface area contributed by atoms with E-state index in [2.05, 4.69) is 22.5 Å². The van der Waals surface area contributed by atoms with E-state index in [4.69, 9.17) is 0 Å². The van der Waals surface area contributed by atoms with Crippen molar-refractivity contribution in [1.29, 1.82) is 0 Å². The van der Waals surface area contributed by atoms with E-state index in [9.17, 15) is 9.59 Å². The molecule has 4 unspecified atom stereocenters. The molecule has 0 bridgehead atoms. The molecule has 2 N–H and O–H groups in total. The largest absolute Gasteiger partial charge is 0.354 e. The van der Waals surface area contributed by atoms with Gasteiger partial charge in [0.25, 0.3) is 0 Å². The molecular weight excluding hydrogens is 314 g/mol. The molecule has 3 fully saturated rings. The van der Waals surface area contributed by atoms with Crippen LogP contribution in [0.2, 0.25) is 0 Å². The molecule has 2 amide bonds. The third-order valence-electron chi connectivity index (χ3n) is 6.32. The molecule has 0 spiro atoms. The number of piperidine rings is 1. The number of likely N-dealkylation sites (tertiary alicyclic amines) is 1. The van der Waals surface area contributed by atoms with Gasteiger partial charge in [-0.05, 0) is 62.8 Å². The minimum atomic E-state index is -0.00498. The van der Waals surface area contributed by atoms with Crippen molar-refractivity contribution in [3.63, 3.8) is 0 Å². The first kappa shape index (κ1) is 18.7. The van der Waals surface area contributed by atoms with Crippen LogP contribution in [-0.2, 0) is 9.59 Å². The Balaban J connectivity index is 1.40. The van der Waals surface area contributed by atoms with Crippen LogP contribution in [0, 0.1) is 17.8 Å². The molecule has 4 atom stereocenters. The lowest BCUT2D eigenvalue weighted by atomic mass is 9.80. The van der Waals surface area contributed by atoms with Crippen LogP contribution in [0.3, 0.4) is 0 Å². The summed E-state index contributed by atoms with van der Waals surface area (Å²) >= 11 is 0. The molecule has 3 rings (SSSR count). The van der Waals surface area contributed by atoms with Crippen molar-refractivity contribution >= 4 is 11.8 Å². The number of carbonyl (C=O) groups is 2. The van der Waals surface area contributed by atoms with Gasteiger partial charge in [-0.1, -0.05) is 19.8 Å². The quantitative estimate of drug-likeness (QED) is 0.801. The second-order valence-electron chi connectivity index (χ2n) is 8.58. The van der Waals surface area contributed by atoms with Crippen molar-refractivity contribution in [3.05, 3.63) is 0 Å². The molecule has 5 heteroatoms. The van der Waals surface area contributed by atoms with E-state index in [0.29, 0.717) is 24.3 Å². The van der Waals surface area contributed by atoms with Crippen molar-refractivity contribution < 1.29 is 9.59 Å². The normalized spacial score (nSPS) is 33.2. The SMILES string of the molecule is CC1CCCC(CC(=O)N2CCCC(CNC(=O)C3CCCN3)C2)C1. The van der Waals surface area contributed by atoms with Crippen LogP contribution in [0.25, 0.3) is 0 Å². The second-order valence-corrected chi connectivity index (χ2v) is 8.58. The zero-order valence-electron chi connectivity index (χ0n) is 15.8. The van der Waals surface area contributed by atoms with Crippen molar-refractivity contribution in [1.82, 2.24) is 15.5 Å². The third-order valence-corrected chi connectivity index (χ3v) is 6.32. The average molecular weight is 350 g/mol. The highest BCUT2D eigenvalue weighted by Crippen LogP contribution is 2.31. The summed E-state index contributed by atoms with van der Waals surface area (Å²) in [6.45, 7) is 5.69. The zero-order valence-corrected chi connectivity index (χ0v) is 15.8. The molecule has 142 valence electrons. The number of amides is 2. The van der Waals surface area contributed by atoms with Crippen LogP contribution in [0.4, 0.5) is 0 Å². The summed E-state index contributed by atoms with van der Waals surface area (Å²) in [6.07, 6.45) is 9.98. The van der Waals surface area contributed by atoms with E-state index in [1.165, 1.54) is 25.7 Å². The maximum Gasteiger partial charge on any atom is 0.237 e. The first-order valence-corrected chi connectivity index (χ1v) is 10.4. The summed E-state index contributed by atoms with van der Waals surface area (Å²) in [6, 6.07) is -0.00498. The Hall–Kier alpha value is -1.10. The molecule has 3 aliphatic rings. The minimum Gasteiger partial charge on any atom is -0.354 e. The molecule has 2 saturated heterocycles. The summed E-state index contributed by atoms with van der Waals surface area (Å²) in [5.41, 5.74) is 0. The monoisotopic (exact) mass is 349 g/mol. The minimum absolute atomic E-state index is 0.00498. The summed E-state index contributed by atoms with van der Waals surface area (Å²) in [4.78, 5) is 26.9. The number of nitrogens with zero attached hydrogens (tertiary/aromatic N) is 1. The summed E-state index contributed by atoms with van der Waals surface area (Å²) in [5, 5.41) is 6.35. The van der Waals surface area contributed by atoms with E-state index in [0.717, 1.165) is 57.7 Å². The molecule has 2 aliphatic heterocycles. The molecule has 0 aromatic carbocycles. The predicted molar refractivity (Wildman–Crippen MR) is 99.1 cm³/mol. The van der Waals surface area contributed by atoms with Gasteiger partial charge in [-0.25, -0.2) is 0 Å². The number of rotatable bonds is 5. The van der Waals surface area contributed by atoms with Gasteiger partial charge < -0.3 is 15.5 Å². The summed E-state index contributed by atoms with van der Waals surface area (Å²) in [5.74, 6) is 2.25. The van der Waals surface area contributed by atoms with Crippen LogP contribution < -0.4 is 10.6 Å². The van der Waals surface area contributed by atoms with Crippen LogP contribution >= 0.6 is 0 Å². The van der Waals surface area contributed by atoms with Gasteiger partial charge in [-0.3, -0.25) is 9.59 Å². The molecular formula is C20H35N3O2. The highest BCUT2D eigenvalue weighted by atomic mass is 16.2. The molecule has 2 heterocycles. The van der Waals surface area contributed by atoms with E-state index >= 15 is 0 Å².